The van der Waals surface area contributed by atoms with E-state index in [1.165, 1.54) is 0 Å². The number of amides is 1. The number of benzene rings is 1. The van der Waals surface area contributed by atoms with Gasteiger partial charge in [0, 0.05) is 18.7 Å². The van der Waals surface area contributed by atoms with Crippen molar-refractivity contribution in [3.05, 3.63) is 54.3 Å². The van der Waals surface area contributed by atoms with Crippen LogP contribution in [0.2, 0.25) is 0 Å². The summed E-state index contributed by atoms with van der Waals surface area (Å²) in [7, 11) is 1.66. The average molecular weight is 269 g/mol. The van der Waals surface area contributed by atoms with E-state index in [-0.39, 0.29) is 11.8 Å². The summed E-state index contributed by atoms with van der Waals surface area (Å²) in [5.41, 5.74) is 0.527. The van der Waals surface area contributed by atoms with Crippen molar-refractivity contribution in [2.24, 2.45) is 11.3 Å². The molecule has 2 atom stereocenters. The number of hydrogen-bond acceptors (Lipinski definition) is 2. The number of para-hydroxylation sites is 1. The van der Waals surface area contributed by atoms with Gasteiger partial charge in [-0.3, -0.25) is 4.79 Å². The minimum absolute atomic E-state index is 0.176. The second kappa shape index (κ2) is 4.82. The summed E-state index contributed by atoms with van der Waals surface area (Å²) in [6, 6.07) is 9.88. The number of allylic oxidation sites excluding steroid dienone is 3. The van der Waals surface area contributed by atoms with Crippen LogP contribution in [-0.2, 0) is 9.53 Å². The molecule has 3 rings (SSSR count). The van der Waals surface area contributed by atoms with Gasteiger partial charge in [-0.15, -0.1) is 0 Å². The Labute approximate surface area is 119 Å². The van der Waals surface area contributed by atoms with Crippen molar-refractivity contribution in [1.82, 2.24) is 0 Å². The van der Waals surface area contributed by atoms with E-state index in [0.717, 1.165) is 18.0 Å². The van der Waals surface area contributed by atoms with Gasteiger partial charge in [0.25, 0.3) is 0 Å². The summed E-state index contributed by atoms with van der Waals surface area (Å²) >= 11 is 0. The zero-order chi connectivity index (χ0) is 14.2. The Morgan fingerprint density at radius 2 is 2.05 bits per heavy atom. The van der Waals surface area contributed by atoms with Crippen LogP contribution in [0.25, 0.3) is 0 Å². The molecular weight excluding hydrogens is 250 g/mol. The fraction of sp³-hybridized carbons (Fsp3) is 0.353. The van der Waals surface area contributed by atoms with Gasteiger partial charge in [0.2, 0.25) is 5.91 Å². The molecule has 0 radical (unpaired) electrons. The van der Waals surface area contributed by atoms with E-state index in [4.69, 9.17) is 4.74 Å². The van der Waals surface area contributed by atoms with E-state index in [2.05, 4.69) is 6.92 Å². The minimum Gasteiger partial charge on any atom is -0.501 e. The molecule has 104 valence electrons. The molecule has 1 saturated heterocycles. The maximum atomic E-state index is 12.9. The van der Waals surface area contributed by atoms with Gasteiger partial charge >= 0.3 is 0 Å². The summed E-state index contributed by atoms with van der Waals surface area (Å²) < 4.78 is 5.35. The van der Waals surface area contributed by atoms with Gasteiger partial charge in [0.05, 0.1) is 18.3 Å². The van der Waals surface area contributed by atoms with Gasteiger partial charge in [-0.1, -0.05) is 37.3 Å². The largest absolute Gasteiger partial charge is 0.501 e. The predicted octanol–water partition coefficient (Wildman–Crippen LogP) is 3.15. The van der Waals surface area contributed by atoms with Crippen molar-refractivity contribution in [2.45, 2.75) is 13.3 Å². The molecule has 3 nitrogen and oxygen atoms in total. The lowest BCUT2D eigenvalue weighted by Crippen LogP contribution is -2.36. The highest BCUT2D eigenvalue weighted by Gasteiger charge is 2.51. The fourth-order valence-electron chi connectivity index (χ4n) is 3.17. The summed E-state index contributed by atoms with van der Waals surface area (Å²) in [4.78, 5) is 14.8. The lowest BCUT2D eigenvalue weighted by atomic mass is 9.73. The Hall–Kier alpha value is -2.03. The molecule has 0 bridgehead atoms. The number of ether oxygens (including phenoxy) is 1. The third kappa shape index (κ3) is 1.85. The summed E-state index contributed by atoms with van der Waals surface area (Å²) in [5.74, 6) is 1.32. The molecule has 1 amide bonds. The van der Waals surface area contributed by atoms with Gasteiger partial charge in [0.1, 0.15) is 0 Å². The highest BCUT2D eigenvalue weighted by molar-refractivity contribution is 6.02. The molecule has 0 saturated carbocycles. The van der Waals surface area contributed by atoms with Crippen LogP contribution in [0.5, 0.6) is 0 Å². The minimum atomic E-state index is -0.448. The van der Waals surface area contributed by atoms with Crippen LogP contribution in [0, 0.1) is 11.3 Å². The number of rotatable bonds is 2. The highest BCUT2D eigenvalue weighted by atomic mass is 16.5. The zero-order valence-corrected chi connectivity index (χ0v) is 11.9. The third-order valence-electron chi connectivity index (χ3n) is 4.45. The van der Waals surface area contributed by atoms with Crippen molar-refractivity contribution in [3.63, 3.8) is 0 Å². The van der Waals surface area contributed by atoms with Crippen molar-refractivity contribution in [2.75, 3.05) is 18.6 Å². The number of nitrogens with zero attached hydrogens (tertiary/aromatic N) is 1. The second-order valence-corrected chi connectivity index (χ2v) is 5.57. The van der Waals surface area contributed by atoms with E-state index >= 15 is 0 Å². The van der Waals surface area contributed by atoms with E-state index in [9.17, 15) is 4.79 Å². The molecule has 1 aromatic carbocycles. The summed E-state index contributed by atoms with van der Waals surface area (Å²) in [5, 5.41) is 0. The maximum Gasteiger partial charge on any atom is 0.237 e. The van der Waals surface area contributed by atoms with E-state index in [1.807, 2.05) is 53.5 Å². The van der Waals surface area contributed by atoms with E-state index in [0.29, 0.717) is 6.42 Å². The van der Waals surface area contributed by atoms with Gasteiger partial charge in [-0.2, -0.15) is 0 Å². The van der Waals surface area contributed by atoms with E-state index < -0.39 is 5.41 Å². The van der Waals surface area contributed by atoms with Crippen molar-refractivity contribution in [1.29, 1.82) is 0 Å². The van der Waals surface area contributed by atoms with Gasteiger partial charge in [-0.05, 0) is 24.1 Å². The lowest BCUT2D eigenvalue weighted by Gasteiger charge is -2.30. The molecule has 1 aromatic rings. The molecule has 3 heteroatoms. The molecule has 1 aliphatic heterocycles. The number of carbonyl (C=O) groups excluding carboxylic acids is 1. The topological polar surface area (TPSA) is 29.5 Å². The van der Waals surface area contributed by atoms with Crippen LogP contribution < -0.4 is 4.90 Å². The number of hydrogen-bond donors (Lipinski definition) is 0. The Kier molecular flexibility index (Phi) is 3.13. The molecular formula is C17H19NO2. The van der Waals surface area contributed by atoms with Crippen LogP contribution >= 0.6 is 0 Å². The normalized spacial score (nSPS) is 28.9. The van der Waals surface area contributed by atoms with Crippen LogP contribution in [0.3, 0.4) is 0 Å². The number of anilines is 1. The van der Waals surface area contributed by atoms with Gasteiger partial charge in [0.15, 0.2) is 0 Å². The zero-order valence-electron chi connectivity index (χ0n) is 11.9. The predicted molar refractivity (Wildman–Crippen MR) is 79.2 cm³/mol. The molecule has 20 heavy (non-hydrogen) atoms. The first kappa shape index (κ1) is 13.0. The van der Waals surface area contributed by atoms with Crippen LogP contribution in [0.4, 0.5) is 5.69 Å². The van der Waals surface area contributed by atoms with Crippen molar-refractivity contribution < 1.29 is 9.53 Å². The first-order chi connectivity index (χ1) is 9.67. The first-order valence-corrected chi connectivity index (χ1v) is 6.97. The Morgan fingerprint density at radius 3 is 2.75 bits per heavy atom. The summed E-state index contributed by atoms with van der Waals surface area (Å²) in [6.45, 7) is 2.90. The van der Waals surface area contributed by atoms with E-state index in [1.54, 1.807) is 7.11 Å². The maximum absolute atomic E-state index is 12.9. The molecule has 1 fully saturated rings. The Morgan fingerprint density at radius 1 is 1.30 bits per heavy atom. The number of methoxy groups -OCH3 is 1. The number of carbonyl (C=O) groups is 1. The molecule has 1 heterocycles. The summed E-state index contributed by atoms with van der Waals surface area (Å²) in [6.07, 6.45) is 6.59. The SMILES string of the molecule is COC1=CC=C[C@]2(C1)C(=O)N(c1ccccc1)C[C@H]2C. The van der Waals surface area contributed by atoms with Crippen molar-refractivity contribution in [3.8, 4) is 0 Å². The first-order valence-electron chi connectivity index (χ1n) is 6.97. The van der Waals surface area contributed by atoms with Gasteiger partial charge in [-0.25, -0.2) is 0 Å². The van der Waals surface area contributed by atoms with Crippen LogP contribution in [-0.4, -0.2) is 19.6 Å². The lowest BCUT2D eigenvalue weighted by molar-refractivity contribution is -0.124. The quantitative estimate of drug-likeness (QED) is 0.825. The molecule has 2 aliphatic rings. The monoisotopic (exact) mass is 269 g/mol. The van der Waals surface area contributed by atoms with Crippen molar-refractivity contribution >= 4 is 11.6 Å². The molecule has 1 spiro atoms. The molecule has 0 N–H and O–H groups in total. The van der Waals surface area contributed by atoms with Crippen LogP contribution in [0.15, 0.2) is 54.3 Å². The Balaban J connectivity index is 1.94. The molecule has 1 aliphatic carbocycles. The Bertz CT molecular complexity index is 576. The molecule has 0 aromatic heterocycles. The van der Waals surface area contributed by atoms with Crippen LogP contribution in [0.1, 0.15) is 13.3 Å². The van der Waals surface area contributed by atoms with Gasteiger partial charge < -0.3 is 9.64 Å². The third-order valence-corrected chi connectivity index (χ3v) is 4.45. The highest BCUT2D eigenvalue weighted by Crippen LogP contribution is 2.46. The smallest absolute Gasteiger partial charge is 0.237 e. The second-order valence-electron chi connectivity index (χ2n) is 5.57. The fourth-order valence-corrected chi connectivity index (χ4v) is 3.17. The average Bonchev–Trinajstić information content (AvgIpc) is 2.73. The standard InChI is InChI=1S/C17H19NO2/c1-13-12-18(14-7-4-3-5-8-14)16(19)17(13)10-6-9-15(11-17)20-2/h3-10,13H,11-12H2,1-2H3/t13-,17-/m1/s1. The molecule has 0 unspecified atom stereocenters.